The van der Waals surface area contributed by atoms with E-state index in [0.717, 1.165) is 25.2 Å². The number of aromatic nitrogens is 2. The highest BCUT2D eigenvalue weighted by atomic mass is 16.2. The first-order valence-electron chi connectivity index (χ1n) is 9.25. The standard InChI is InChI=1S/C19H24N6O2/c1-13-10-14-4-2-3-5-15(14)25(13)18(27)12-23-6-8-24(9-7-23)16-11-17(26)22-19(20)21-16/h2-5,11,13H,6-10,12H2,1H3,(H3,20,21,22,26)/t13-/m0/s1. The van der Waals surface area contributed by atoms with Crippen LogP contribution in [-0.4, -0.2) is 59.5 Å². The van der Waals surface area contributed by atoms with Gasteiger partial charge in [0.25, 0.3) is 5.56 Å². The summed E-state index contributed by atoms with van der Waals surface area (Å²) in [5, 5.41) is 0. The first-order valence-corrected chi connectivity index (χ1v) is 9.25. The Bertz CT molecular complexity index is 903. The summed E-state index contributed by atoms with van der Waals surface area (Å²) >= 11 is 0. The van der Waals surface area contributed by atoms with Gasteiger partial charge in [-0.15, -0.1) is 0 Å². The third-order valence-corrected chi connectivity index (χ3v) is 5.28. The predicted octanol–water partition coefficient (Wildman–Crippen LogP) is 0.452. The quantitative estimate of drug-likeness (QED) is 0.816. The number of nitrogens with zero attached hydrogens (tertiary/aromatic N) is 4. The first-order chi connectivity index (χ1) is 13.0. The van der Waals surface area contributed by atoms with Gasteiger partial charge in [-0.2, -0.15) is 4.98 Å². The molecule has 1 amide bonds. The van der Waals surface area contributed by atoms with E-state index in [9.17, 15) is 9.59 Å². The lowest BCUT2D eigenvalue weighted by Crippen LogP contribution is -2.51. The summed E-state index contributed by atoms with van der Waals surface area (Å²) in [6.07, 6.45) is 0.908. The number of carbonyl (C=O) groups is 1. The van der Waals surface area contributed by atoms with E-state index in [-0.39, 0.29) is 23.5 Å². The normalized spacial score (nSPS) is 20.0. The molecule has 1 atom stereocenters. The molecule has 2 aromatic rings. The Kier molecular flexibility index (Phi) is 4.57. The van der Waals surface area contributed by atoms with E-state index >= 15 is 0 Å². The number of nitrogens with two attached hydrogens (primary N) is 1. The van der Waals surface area contributed by atoms with Gasteiger partial charge in [-0.05, 0) is 25.0 Å². The lowest BCUT2D eigenvalue weighted by atomic mass is 10.1. The van der Waals surface area contributed by atoms with Gasteiger partial charge < -0.3 is 15.5 Å². The van der Waals surface area contributed by atoms with E-state index in [1.165, 1.54) is 11.6 Å². The molecule has 0 unspecified atom stereocenters. The molecule has 142 valence electrons. The van der Waals surface area contributed by atoms with Crippen LogP contribution in [0, 0.1) is 0 Å². The maximum atomic E-state index is 12.9. The molecule has 1 fully saturated rings. The Morgan fingerprint density at radius 2 is 2.00 bits per heavy atom. The van der Waals surface area contributed by atoms with Crippen LogP contribution in [0.25, 0.3) is 0 Å². The predicted molar refractivity (Wildman–Crippen MR) is 105 cm³/mol. The smallest absolute Gasteiger partial charge is 0.254 e. The van der Waals surface area contributed by atoms with Crippen molar-refractivity contribution < 1.29 is 4.79 Å². The number of amides is 1. The highest BCUT2D eigenvalue weighted by Gasteiger charge is 2.31. The molecule has 1 saturated heterocycles. The van der Waals surface area contributed by atoms with Crippen LogP contribution in [0.2, 0.25) is 0 Å². The van der Waals surface area contributed by atoms with E-state index in [1.807, 2.05) is 28.0 Å². The van der Waals surface area contributed by atoms with Crippen molar-refractivity contribution in [2.75, 3.05) is 48.3 Å². The van der Waals surface area contributed by atoms with Crippen molar-refractivity contribution in [3.63, 3.8) is 0 Å². The van der Waals surface area contributed by atoms with Crippen molar-refractivity contribution in [1.29, 1.82) is 0 Å². The molecule has 1 aromatic heterocycles. The number of nitrogens with one attached hydrogen (secondary N) is 1. The summed E-state index contributed by atoms with van der Waals surface area (Å²) in [5.74, 6) is 0.848. The maximum absolute atomic E-state index is 12.9. The molecule has 1 aromatic carbocycles. The van der Waals surface area contributed by atoms with E-state index < -0.39 is 0 Å². The van der Waals surface area contributed by atoms with Crippen LogP contribution in [0.5, 0.6) is 0 Å². The lowest BCUT2D eigenvalue weighted by Gasteiger charge is -2.36. The molecule has 8 nitrogen and oxygen atoms in total. The SMILES string of the molecule is C[C@H]1Cc2ccccc2N1C(=O)CN1CCN(c2cc(=O)[nH]c(N)n2)CC1. The number of hydrogen-bond acceptors (Lipinski definition) is 6. The molecule has 8 heteroatoms. The molecule has 3 N–H and O–H groups in total. The number of H-pyrrole nitrogens is 1. The number of rotatable bonds is 3. The van der Waals surface area contributed by atoms with Gasteiger partial charge in [-0.1, -0.05) is 18.2 Å². The Hall–Kier alpha value is -2.87. The number of hydrogen-bond donors (Lipinski definition) is 2. The molecule has 0 bridgehead atoms. The van der Waals surface area contributed by atoms with Crippen LogP contribution in [0.4, 0.5) is 17.5 Å². The number of anilines is 3. The Labute approximate surface area is 157 Å². The van der Waals surface area contributed by atoms with Gasteiger partial charge in [0.1, 0.15) is 5.82 Å². The fraction of sp³-hybridized carbons (Fsp3) is 0.421. The zero-order valence-electron chi connectivity index (χ0n) is 15.4. The molecule has 2 aliphatic heterocycles. The van der Waals surface area contributed by atoms with Crippen LogP contribution in [0.1, 0.15) is 12.5 Å². The summed E-state index contributed by atoms with van der Waals surface area (Å²) in [7, 11) is 0. The molecule has 0 aliphatic carbocycles. The lowest BCUT2D eigenvalue weighted by molar-refractivity contribution is -0.120. The molecule has 2 aliphatic rings. The van der Waals surface area contributed by atoms with Crippen molar-refractivity contribution >= 4 is 23.4 Å². The van der Waals surface area contributed by atoms with Crippen LogP contribution in [0.15, 0.2) is 35.1 Å². The third-order valence-electron chi connectivity index (χ3n) is 5.28. The Morgan fingerprint density at radius 1 is 1.26 bits per heavy atom. The first kappa shape index (κ1) is 17.5. The van der Waals surface area contributed by atoms with Crippen molar-refractivity contribution in [2.45, 2.75) is 19.4 Å². The van der Waals surface area contributed by atoms with Crippen LogP contribution < -0.4 is 21.1 Å². The van der Waals surface area contributed by atoms with Crippen molar-refractivity contribution in [3.05, 3.63) is 46.2 Å². The van der Waals surface area contributed by atoms with Gasteiger partial charge >= 0.3 is 0 Å². The molecule has 0 radical (unpaired) electrons. The van der Waals surface area contributed by atoms with Gasteiger partial charge in [0.05, 0.1) is 6.54 Å². The minimum atomic E-state index is -0.253. The number of benzene rings is 1. The zero-order valence-corrected chi connectivity index (χ0v) is 15.4. The molecular formula is C19H24N6O2. The summed E-state index contributed by atoms with van der Waals surface area (Å²) in [4.78, 5) is 37.3. The minimum absolute atomic E-state index is 0.122. The number of piperazine rings is 1. The van der Waals surface area contributed by atoms with Gasteiger partial charge in [-0.3, -0.25) is 19.5 Å². The molecule has 3 heterocycles. The number of aromatic amines is 1. The average molecular weight is 368 g/mol. The summed E-state index contributed by atoms with van der Waals surface area (Å²) in [6, 6.07) is 9.78. The van der Waals surface area contributed by atoms with E-state index in [0.29, 0.717) is 25.5 Å². The average Bonchev–Trinajstić information content (AvgIpc) is 2.97. The second kappa shape index (κ2) is 7.03. The maximum Gasteiger partial charge on any atom is 0.254 e. The molecule has 0 saturated carbocycles. The highest BCUT2D eigenvalue weighted by molar-refractivity contribution is 5.97. The third kappa shape index (κ3) is 3.52. The topological polar surface area (TPSA) is 98.6 Å². The second-order valence-electron chi connectivity index (χ2n) is 7.20. The highest BCUT2D eigenvalue weighted by Crippen LogP contribution is 2.31. The zero-order chi connectivity index (χ0) is 19.0. The molecule has 27 heavy (non-hydrogen) atoms. The summed E-state index contributed by atoms with van der Waals surface area (Å²) in [6.45, 7) is 5.38. The molecule has 0 spiro atoms. The van der Waals surface area contributed by atoms with Crippen molar-refractivity contribution in [3.8, 4) is 0 Å². The minimum Gasteiger partial charge on any atom is -0.369 e. The number of para-hydroxylation sites is 1. The van der Waals surface area contributed by atoms with Crippen LogP contribution >= 0.6 is 0 Å². The summed E-state index contributed by atoms with van der Waals surface area (Å²) < 4.78 is 0. The number of carbonyl (C=O) groups excluding carboxylic acids is 1. The van der Waals surface area contributed by atoms with E-state index in [4.69, 9.17) is 5.73 Å². The van der Waals surface area contributed by atoms with Crippen LogP contribution in [0.3, 0.4) is 0 Å². The number of nitrogen functional groups attached to an aromatic ring is 1. The fourth-order valence-corrected chi connectivity index (χ4v) is 3.97. The Morgan fingerprint density at radius 3 is 2.74 bits per heavy atom. The van der Waals surface area contributed by atoms with Crippen molar-refractivity contribution in [1.82, 2.24) is 14.9 Å². The number of fused-ring (bicyclic) bond motifs is 1. The Balaban J connectivity index is 1.38. The van der Waals surface area contributed by atoms with Gasteiger partial charge in [0.2, 0.25) is 11.9 Å². The van der Waals surface area contributed by atoms with E-state index in [1.54, 1.807) is 0 Å². The molecular weight excluding hydrogens is 344 g/mol. The summed E-state index contributed by atoms with van der Waals surface area (Å²) in [5.41, 5.74) is 7.65. The van der Waals surface area contributed by atoms with E-state index in [2.05, 4.69) is 27.9 Å². The van der Waals surface area contributed by atoms with Gasteiger partial charge in [0.15, 0.2) is 0 Å². The largest absolute Gasteiger partial charge is 0.369 e. The van der Waals surface area contributed by atoms with Gasteiger partial charge in [-0.25, -0.2) is 0 Å². The van der Waals surface area contributed by atoms with Gasteiger partial charge in [0, 0.05) is 44.0 Å². The second-order valence-corrected chi connectivity index (χ2v) is 7.20. The van der Waals surface area contributed by atoms with Crippen LogP contribution in [-0.2, 0) is 11.2 Å². The fourth-order valence-electron chi connectivity index (χ4n) is 3.97. The van der Waals surface area contributed by atoms with Crippen molar-refractivity contribution in [2.24, 2.45) is 0 Å². The monoisotopic (exact) mass is 368 g/mol. The molecule has 4 rings (SSSR count).